The van der Waals surface area contributed by atoms with Gasteiger partial charge in [0.15, 0.2) is 0 Å². The Balaban J connectivity index is 2.23. The van der Waals surface area contributed by atoms with E-state index in [1.54, 1.807) is 0 Å². The number of hydrogen-bond donors (Lipinski definition) is 1. The van der Waals surface area contributed by atoms with Crippen LogP contribution < -0.4 is 5.32 Å². The van der Waals surface area contributed by atoms with Crippen molar-refractivity contribution >= 4 is 5.91 Å². The molecule has 18 heavy (non-hydrogen) atoms. The number of imidazole rings is 1. The first-order chi connectivity index (χ1) is 8.49. The molecule has 0 aromatic carbocycles. The maximum Gasteiger partial charge on any atom is 0.222 e. The summed E-state index contributed by atoms with van der Waals surface area (Å²) in [4.78, 5) is 17.8. The fourth-order valence-electron chi connectivity index (χ4n) is 1.61. The molecule has 0 unspecified atom stereocenters. The van der Waals surface area contributed by atoms with Crippen LogP contribution in [-0.4, -0.2) is 41.0 Å². The lowest BCUT2D eigenvalue weighted by atomic mass is 10.2. The monoisotopic (exact) mass is 252 g/mol. The second-order valence-electron chi connectivity index (χ2n) is 5.14. The topological polar surface area (TPSA) is 50.2 Å². The average molecular weight is 252 g/mol. The summed E-state index contributed by atoms with van der Waals surface area (Å²) in [6.07, 6.45) is 4.84. The van der Waals surface area contributed by atoms with Crippen LogP contribution in [0.4, 0.5) is 0 Å². The summed E-state index contributed by atoms with van der Waals surface area (Å²) >= 11 is 0. The quantitative estimate of drug-likeness (QED) is 0.740. The van der Waals surface area contributed by atoms with Gasteiger partial charge in [-0.3, -0.25) is 4.79 Å². The second kappa shape index (κ2) is 7.16. The molecule has 0 saturated heterocycles. The number of rotatable bonds is 7. The summed E-state index contributed by atoms with van der Waals surface area (Å²) in [5, 5.41) is 2.91. The van der Waals surface area contributed by atoms with Gasteiger partial charge in [-0.1, -0.05) is 13.8 Å². The van der Waals surface area contributed by atoms with Gasteiger partial charge in [-0.05, 0) is 20.5 Å². The fraction of sp³-hybridized carbons (Fsp3) is 0.692. The van der Waals surface area contributed by atoms with Crippen molar-refractivity contribution in [2.24, 2.45) is 5.92 Å². The van der Waals surface area contributed by atoms with Crippen molar-refractivity contribution in [2.75, 3.05) is 20.6 Å². The lowest BCUT2D eigenvalue weighted by Crippen LogP contribution is -2.29. The molecule has 102 valence electrons. The van der Waals surface area contributed by atoms with Gasteiger partial charge in [0.25, 0.3) is 0 Å². The first-order valence-electron chi connectivity index (χ1n) is 6.42. The first kappa shape index (κ1) is 14.7. The van der Waals surface area contributed by atoms with E-state index >= 15 is 0 Å². The fourth-order valence-corrected chi connectivity index (χ4v) is 1.61. The minimum atomic E-state index is 0.0601. The Hall–Kier alpha value is -1.36. The third-order valence-electron chi connectivity index (χ3n) is 2.58. The number of nitrogens with one attached hydrogen (secondary N) is 1. The van der Waals surface area contributed by atoms with Crippen molar-refractivity contribution in [1.82, 2.24) is 19.8 Å². The molecule has 1 heterocycles. The SMILES string of the molecule is CC(C)C(=O)NCCCn1cnc(CN(C)C)c1. The molecular formula is C13H24N4O. The van der Waals surface area contributed by atoms with Crippen LogP contribution in [0.25, 0.3) is 0 Å². The summed E-state index contributed by atoms with van der Waals surface area (Å²) in [6, 6.07) is 0. The van der Waals surface area contributed by atoms with Gasteiger partial charge in [0.2, 0.25) is 5.91 Å². The summed E-state index contributed by atoms with van der Waals surface area (Å²) < 4.78 is 2.07. The molecule has 0 spiro atoms. The number of carbonyl (C=O) groups is 1. The predicted molar refractivity (Wildman–Crippen MR) is 72.1 cm³/mol. The summed E-state index contributed by atoms with van der Waals surface area (Å²) in [5.41, 5.74) is 1.08. The first-order valence-corrected chi connectivity index (χ1v) is 6.42. The Morgan fingerprint density at radius 3 is 2.83 bits per heavy atom. The van der Waals surface area contributed by atoms with Gasteiger partial charge in [0, 0.05) is 31.7 Å². The molecule has 1 rings (SSSR count). The van der Waals surface area contributed by atoms with Crippen LogP contribution in [0.1, 0.15) is 26.0 Å². The third-order valence-corrected chi connectivity index (χ3v) is 2.58. The molecule has 5 nitrogen and oxygen atoms in total. The number of aryl methyl sites for hydroxylation is 1. The van der Waals surface area contributed by atoms with E-state index in [4.69, 9.17) is 0 Å². The van der Waals surface area contributed by atoms with E-state index in [2.05, 4.69) is 26.0 Å². The van der Waals surface area contributed by atoms with Crippen molar-refractivity contribution < 1.29 is 4.79 Å². The van der Waals surface area contributed by atoms with Crippen LogP contribution in [0, 0.1) is 5.92 Å². The maximum atomic E-state index is 11.3. The normalized spacial score (nSPS) is 11.2. The van der Waals surface area contributed by atoms with E-state index < -0.39 is 0 Å². The van der Waals surface area contributed by atoms with E-state index in [1.165, 1.54) is 0 Å². The molecule has 5 heteroatoms. The van der Waals surface area contributed by atoms with Gasteiger partial charge in [-0.2, -0.15) is 0 Å². The zero-order valence-electron chi connectivity index (χ0n) is 11.8. The van der Waals surface area contributed by atoms with Crippen molar-refractivity contribution in [3.8, 4) is 0 Å². The van der Waals surface area contributed by atoms with Crippen LogP contribution in [0.15, 0.2) is 12.5 Å². The Morgan fingerprint density at radius 1 is 1.50 bits per heavy atom. The molecule has 0 aliphatic carbocycles. The van der Waals surface area contributed by atoms with Crippen molar-refractivity contribution in [3.05, 3.63) is 18.2 Å². The lowest BCUT2D eigenvalue weighted by molar-refractivity contribution is -0.123. The number of carbonyl (C=O) groups excluding carboxylic acids is 1. The molecule has 1 amide bonds. The van der Waals surface area contributed by atoms with Gasteiger partial charge >= 0.3 is 0 Å². The van der Waals surface area contributed by atoms with E-state index in [1.807, 2.05) is 34.3 Å². The minimum Gasteiger partial charge on any atom is -0.356 e. The molecule has 0 aliphatic rings. The highest BCUT2D eigenvalue weighted by atomic mass is 16.1. The van der Waals surface area contributed by atoms with Crippen LogP contribution in [-0.2, 0) is 17.9 Å². The zero-order chi connectivity index (χ0) is 13.5. The Bertz CT molecular complexity index is 371. The molecule has 1 aromatic heterocycles. The molecule has 0 atom stereocenters. The van der Waals surface area contributed by atoms with E-state index in [0.717, 1.165) is 31.7 Å². The Kier molecular flexibility index (Phi) is 5.85. The molecule has 0 radical (unpaired) electrons. The second-order valence-corrected chi connectivity index (χ2v) is 5.14. The Labute approximate surface area is 109 Å². The largest absolute Gasteiger partial charge is 0.356 e. The summed E-state index contributed by atoms with van der Waals surface area (Å²) in [7, 11) is 4.06. The molecular weight excluding hydrogens is 228 g/mol. The Morgan fingerprint density at radius 2 is 2.22 bits per heavy atom. The summed E-state index contributed by atoms with van der Waals surface area (Å²) in [6.45, 7) is 6.27. The van der Waals surface area contributed by atoms with Crippen molar-refractivity contribution in [2.45, 2.75) is 33.4 Å². The van der Waals surface area contributed by atoms with Gasteiger partial charge < -0.3 is 14.8 Å². The number of hydrogen-bond acceptors (Lipinski definition) is 3. The maximum absolute atomic E-state index is 11.3. The molecule has 0 saturated carbocycles. The van der Waals surface area contributed by atoms with Crippen LogP contribution in [0.2, 0.25) is 0 Å². The molecule has 0 aliphatic heterocycles. The van der Waals surface area contributed by atoms with Crippen molar-refractivity contribution in [3.63, 3.8) is 0 Å². The van der Waals surface area contributed by atoms with Gasteiger partial charge in [0.1, 0.15) is 0 Å². The number of amides is 1. The molecule has 1 aromatic rings. The van der Waals surface area contributed by atoms with Gasteiger partial charge in [-0.15, -0.1) is 0 Å². The number of nitrogens with zero attached hydrogens (tertiary/aromatic N) is 3. The van der Waals surface area contributed by atoms with Crippen LogP contribution in [0.5, 0.6) is 0 Å². The van der Waals surface area contributed by atoms with Gasteiger partial charge in [0.05, 0.1) is 12.0 Å². The summed E-state index contributed by atoms with van der Waals surface area (Å²) in [5.74, 6) is 0.180. The predicted octanol–water partition coefficient (Wildman–Crippen LogP) is 1.11. The standard InChI is InChI=1S/C13H24N4O/c1-11(2)13(18)14-6-5-7-17-9-12(15-10-17)8-16(3)4/h9-11H,5-8H2,1-4H3,(H,14,18). The van der Waals surface area contributed by atoms with Gasteiger partial charge in [-0.25, -0.2) is 4.98 Å². The zero-order valence-corrected chi connectivity index (χ0v) is 11.8. The van der Waals surface area contributed by atoms with E-state index in [9.17, 15) is 4.79 Å². The highest BCUT2D eigenvalue weighted by Crippen LogP contribution is 2.00. The van der Waals surface area contributed by atoms with Crippen LogP contribution in [0.3, 0.4) is 0 Å². The number of aromatic nitrogens is 2. The van der Waals surface area contributed by atoms with Crippen molar-refractivity contribution in [1.29, 1.82) is 0 Å². The molecule has 0 fully saturated rings. The lowest BCUT2D eigenvalue weighted by Gasteiger charge is -2.08. The highest BCUT2D eigenvalue weighted by molar-refractivity contribution is 5.77. The average Bonchev–Trinajstić information content (AvgIpc) is 2.70. The minimum absolute atomic E-state index is 0.0601. The van der Waals surface area contributed by atoms with E-state index in [0.29, 0.717) is 0 Å². The molecule has 0 bridgehead atoms. The third kappa shape index (κ3) is 5.31. The highest BCUT2D eigenvalue weighted by Gasteiger charge is 2.05. The molecule has 1 N–H and O–H groups in total. The van der Waals surface area contributed by atoms with E-state index in [-0.39, 0.29) is 11.8 Å². The van der Waals surface area contributed by atoms with Crippen LogP contribution >= 0.6 is 0 Å². The smallest absolute Gasteiger partial charge is 0.222 e.